The van der Waals surface area contributed by atoms with Gasteiger partial charge in [-0.2, -0.15) is 0 Å². The molecule has 0 aromatic heterocycles. The number of ether oxygens (including phenoxy) is 1. The molecule has 0 saturated carbocycles. The number of hydrogen-bond acceptors (Lipinski definition) is 2. The van der Waals surface area contributed by atoms with E-state index >= 15 is 0 Å². The van der Waals surface area contributed by atoms with Crippen molar-refractivity contribution in [1.82, 2.24) is 5.32 Å². The zero-order chi connectivity index (χ0) is 10.8. The van der Waals surface area contributed by atoms with Gasteiger partial charge >= 0.3 is 0 Å². The van der Waals surface area contributed by atoms with E-state index in [1.807, 2.05) is 24.3 Å². The molecular weight excluding hydrogens is 258 g/mol. The highest BCUT2D eigenvalue weighted by molar-refractivity contribution is 9.10. The van der Waals surface area contributed by atoms with E-state index < -0.39 is 0 Å². The van der Waals surface area contributed by atoms with Crippen LogP contribution >= 0.6 is 15.9 Å². The largest absolute Gasteiger partial charge is 0.488 e. The lowest BCUT2D eigenvalue weighted by Crippen LogP contribution is -2.25. The van der Waals surface area contributed by atoms with Crippen LogP contribution in [-0.4, -0.2) is 19.6 Å². The first-order valence-electron chi connectivity index (χ1n) is 4.55. The average molecular weight is 268 g/mol. The molecule has 1 heterocycles. The van der Waals surface area contributed by atoms with Gasteiger partial charge in [0.2, 0.25) is 5.91 Å². The number of fused-ring (bicyclic) bond motifs is 1. The lowest BCUT2D eigenvalue weighted by Gasteiger charge is -2.17. The first-order valence-corrected chi connectivity index (χ1v) is 5.35. The van der Waals surface area contributed by atoms with E-state index in [2.05, 4.69) is 21.2 Å². The molecule has 1 aromatic rings. The van der Waals surface area contributed by atoms with Crippen molar-refractivity contribution in [3.8, 4) is 5.75 Å². The van der Waals surface area contributed by atoms with Crippen LogP contribution in [0.2, 0.25) is 0 Å². The Labute approximate surface area is 96.3 Å². The third kappa shape index (κ3) is 2.04. The highest BCUT2D eigenvalue weighted by Crippen LogP contribution is 2.28. The maximum atomic E-state index is 11.4. The van der Waals surface area contributed by atoms with Gasteiger partial charge in [-0.1, -0.05) is 15.9 Å². The van der Waals surface area contributed by atoms with Crippen molar-refractivity contribution in [2.75, 3.05) is 13.7 Å². The van der Waals surface area contributed by atoms with Crippen LogP contribution in [0.15, 0.2) is 28.2 Å². The fourth-order valence-electron chi connectivity index (χ4n) is 1.44. The summed E-state index contributed by atoms with van der Waals surface area (Å²) in [5, 5.41) is 2.58. The van der Waals surface area contributed by atoms with E-state index in [-0.39, 0.29) is 5.91 Å². The summed E-state index contributed by atoms with van der Waals surface area (Å²) in [5.41, 5.74) is 1.57. The van der Waals surface area contributed by atoms with E-state index in [0.717, 1.165) is 15.8 Å². The second-order valence-electron chi connectivity index (χ2n) is 3.22. The summed E-state index contributed by atoms with van der Waals surface area (Å²) in [6, 6.07) is 5.73. The van der Waals surface area contributed by atoms with E-state index in [1.165, 1.54) is 0 Å². The van der Waals surface area contributed by atoms with Gasteiger partial charge in [0.25, 0.3) is 0 Å². The monoisotopic (exact) mass is 267 g/mol. The maximum absolute atomic E-state index is 11.4. The molecule has 1 aliphatic heterocycles. The maximum Gasteiger partial charge on any atom is 0.250 e. The third-order valence-electron chi connectivity index (χ3n) is 2.20. The molecular formula is C11H10BrNO2. The van der Waals surface area contributed by atoms with Crippen molar-refractivity contribution in [1.29, 1.82) is 0 Å². The molecule has 2 rings (SSSR count). The van der Waals surface area contributed by atoms with E-state index in [9.17, 15) is 4.79 Å². The number of hydrogen-bond donors (Lipinski definition) is 1. The molecule has 4 heteroatoms. The molecule has 78 valence electrons. The van der Waals surface area contributed by atoms with Crippen LogP contribution in [0.1, 0.15) is 5.56 Å². The molecule has 0 fully saturated rings. The van der Waals surface area contributed by atoms with Crippen molar-refractivity contribution >= 4 is 27.9 Å². The number of carbonyl (C=O) groups is 1. The minimum absolute atomic E-state index is 0.0966. The minimum Gasteiger partial charge on any atom is -0.488 e. The Morgan fingerprint density at radius 3 is 3.07 bits per heavy atom. The van der Waals surface area contributed by atoms with Crippen molar-refractivity contribution < 1.29 is 9.53 Å². The van der Waals surface area contributed by atoms with Crippen LogP contribution in [0.4, 0.5) is 0 Å². The Hall–Kier alpha value is -1.29. The zero-order valence-electron chi connectivity index (χ0n) is 8.21. The summed E-state index contributed by atoms with van der Waals surface area (Å²) in [5.74, 6) is 0.714. The van der Waals surface area contributed by atoms with Crippen molar-refractivity contribution in [2.45, 2.75) is 0 Å². The Balaban J connectivity index is 2.39. The highest BCUT2D eigenvalue weighted by Gasteiger charge is 2.15. The van der Waals surface area contributed by atoms with Crippen LogP contribution in [-0.2, 0) is 4.79 Å². The highest BCUT2D eigenvalue weighted by atomic mass is 79.9. The zero-order valence-corrected chi connectivity index (χ0v) is 9.80. The van der Waals surface area contributed by atoms with Gasteiger partial charge in [-0.25, -0.2) is 0 Å². The second kappa shape index (κ2) is 4.06. The molecule has 0 spiro atoms. The smallest absolute Gasteiger partial charge is 0.250 e. The van der Waals surface area contributed by atoms with Gasteiger partial charge in [-0.15, -0.1) is 0 Å². The van der Waals surface area contributed by atoms with Crippen molar-refractivity contribution in [3.05, 3.63) is 33.8 Å². The molecule has 1 N–H and O–H groups in total. The number of halogens is 1. The van der Waals surface area contributed by atoms with Crippen LogP contribution in [0.3, 0.4) is 0 Å². The average Bonchev–Trinajstić information content (AvgIpc) is 2.27. The third-order valence-corrected chi connectivity index (χ3v) is 2.70. The van der Waals surface area contributed by atoms with Gasteiger partial charge in [-0.05, 0) is 24.3 Å². The van der Waals surface area contributed by atoms with E-state index in [4.69, 9.17) is 4.74 Å². The van der Waals surface area contributed by atoms with Gasteiger partial charge in [0.05, 0.1) is 5.57 Å². The summed E-state index contributed by atoms with van der Waals surface area (Å²) in [4.78, 5) is 11.4. The Morgan fingerprint density at radius 1 is 1.53 bits per heavy atom. The number of likely N-dealkylation sites (N-methyl/N-ethyl adjacent to an activating group) is 1. The second-order valence-corrected chi connectivity index (χ2v) is 4.14. The molecule has 0 atom stereocenters. The fourth-order valence-corrected chi connectivity index (χ4v) is 1.82. The molecule has 3 nitrogen and oxygen atoms in total. The van der Waals surface area contributed by atoms with Gasteiger partial charge in [-0.3, -0.25) is 4.79 Å². The van der Waals surface area contributed by atoms with Gasteiger partial charge < -0.3 is 10.1 Å². The Bertz CT molecular complexity index is 440. The molecule has 0 aliphatic carbocycles. The fraction of sp³-hybridized carbons (Fsp3) is 0.182. The van der Waals surface area contributed by atoms with Gasteiger partial charge in [0.1, 0.15) is 12.4 Å². The number of carbonyl (C=O) groups excluding carboxylic acids is 1. The lowest BCUT2D eigenvalue weighted by atomic mass is 10.1. The van der Waals surface area contributed by atoms with E-state index in [1.54, 1.807) is 7.05 Å². The summed E-state index contributed by atoms with van der Waals surface area (Å²) < 4.78 is 6.44. The topological polar surface area (TPSA) is 38.3 Å². The minimum atomic E-state index is -0.0966. The van der Waals surface area contributed by atoms with Crippen LogP contribution in [0.25, 0.3) is 6.08 Å². The van der Waals surface area contributed by atoms with Crippen molar-refractivity contribution in [2.24, 2.45) is 0 Å². The summed E-state index contributed by atoms with van der Waals surface area (Å²) in [6.45, 7) is 0.328. The molecule has 1 aromatic carbocycles. The summed E-state index contributed by atoms with van der Waals surface area (Å²) >= 11 is 3.38. The molecule has 0 bridgehead atoms. The Kier molecular flexibility index (Phi) is 2.77. The number of amides is 1. The lowest BCUT2D eigenvalue weighted by molar-refractivity contribution is -0.117. The molecule has 0 saturated heterocycles. The first-order chi connectivity index (χ1) is 7.20. The Morgan fingerprint density at radius 2 is 2.33 bits per heavy atom. The molecule has 0 unspecified atom stereocenters. The molecule has 15 heavy (non-hydrogen) atoms. The van der Waals surface area contributed by atoms with Gasteiger partial charge in [0.15, 0.2) is 0 Å². The van der Waals surface area contributed by atoms with Crippen LogP contribution < -0.4 is 10.1 Å². The number of rotatable bonds is 1. The molecule has 0 radical (unpaired) electrons. The van der Waals surface area contributed by atoms with E-state index in [0.29, 0.717) is 12.2 Å². The predicted molar refractivity (Wildman–Crippen MR) is 61.7 cm³/mol. The van der Waals surface area contributed by atoms with Crippen molar-refractivity contribution in [3.63, 3.8) is 0 Å². The molecule has 1 aliphatic rings. The standard InChI is InChI=1S/C11H10BrNO2/c1-13-11(14)8-4-7-5-9(12)2-3-10(7)15-6-8/h2-5H,6H2,1H3,(H,13,14). The first kappa shape index (κ1) is 10.2. The van der Waals surface area contributed by atoms with Crippen LogP contribution in [0, 0.1) is 0 Å². The SMILES string of the molecule is CNC(=O)C1=Cc2cc(Br)ccc2OC1. The number of nitrogens with one attached hydrogen (secondary N) is 1. The van der Waals surface area contributed by atoms with Gasteiger partial charge in [0, 0.05) is 17.1 Å². The number of benzene rings is 1. The predicted octanol–water partition coefficient (Wildman–Crippen LogP) is 1.97. The summed E-state index contributed by atoms with van der Waals surface area (Å²) in [6.07, 6.45) is 1.85. The van der Waals surface area contributed by atoms with Crippen LogP contribution in [0.5, 0.6) is 5.75 Å². The normalized spacial score (nSPS) is 13.6. The molecule has 1 amide bonds. The summed E-state index contributed by atoms with van der Waals surface area (Å²) in [7, 11) is 1.61. The quantitative estimate of drug-likeness (QED) is 0.845.